The monoisotopic (exact) mass is 378 g/mol. The van der Waals surface area contributed by atoms with Gasteiger partial charge in [0.05, 0.1) is 18.4 Å². The topological polar surface area (TPSA) is 85.2 Å². The van der Waals surface area contributed by atoms with Gasteiger partial charge in [-0.2, -0.15) is 0 Å². The summed E-state index contributed by atoms with van der Waals surface area (Å²) in [6.45, 7) is 1.88. The first kappa shape index (κ1) is 18.1. The van der Waals surface area contributed by atoms with Crippen molar-refractivity contribution in [2.75, 3.05) is 18.4 Å². The van der Waals surface area contributed by atoms with Crippen molar-refractivity contribution in [2.45, 2.75) is 25.6 Å². The molecule has 0 aliphatic carbocycles. The number of hydrogen-bond donors (Lipinski definition) is 1. The molecule has 8 nitrogen and oxygen atoms in total. The number of benzene rings is 2. The molecule has 1 aromatic heterocycles. The van der Waals surface area contributed by atoms with Gasteiger partial charge in [-0.15, -0.1) is 5.10 Å². The predicted octanol–water partition coefficient (Wildman–Crippen LogP) is 2.88. The molecular formula is C20H22N6O2. The lowest BCUT2D eigenvalue weighted by atomic mass is 10.1. The molecule has 144 valence electrons. The number of rotatable bonds is 5. The van der Waals surface area contributed by atoms with E-state index in [1.807, 2.05) is 59.5 Å². The zero-order chi connectivity index (χ0) is 19.2. The maximum Gasteiger partial charge on any atom is 0.321 e. The summed E-state index contributed by atoms with van der Waals surface area (Å²) in [5.41, 5.74) is 2.62. The van der Waals surface area contributed by atoms with Gasteiger partial charge in [-0.05, 0) is 47.0 Å². The second-order valence-electron chi connectivity index (χ2n) is 6.74. The van der Waals surface area contributed by atoms with Gasteiger partial charge in [-0.25, -0.2) is 9.48 Å². The van der Waals surface area contributed by atoms with Crippen molar-refractivity contribution in [2.24, 2.45) is 0 Å². The van der Waals surface area contributed by atoms with E-state index in [1.54, 1.807) is 4.68 Å². The Bertz CT molecular complexity index is 900. The number of carbonyl (C=O) groups is 1. The number of nitrogens with zero attached hydrogens (tertiary/aromatic N) is 5. The molecule has 0 bridgehead atoms. The van der Waals surface area contributed by atoms with Crippen LogP contribution in [-0.2, 0) is 11.3 Å². The van der Waals surface area contributed by atoms with Gasteiger partial charge in [0.15, 0.2) is 0 Å². The third kappa shape index (κ3) is 4.52. The lowest BCUT2D eigenvalue weighted by Gasteiger charge is -2.32. The molecule has 1 aliphatic rings. The Balaban J connectivity index is 1.33. The number of nitrogens with one attached hydrogen (secondary N) is 1. The largest absolute Gasteiger partial charge is 0.372 e. The lowest BCUT2D eigenvalue weighted by molar-refractivity contribution is 0.00102. The normalized spacial score (nSPS) is 16.7. The van der Waals surface area contributed by atoms with Crippen molar-refractivity contribution >= 4 is 11.7 Å². The Labute approximate surface area is 163 Å². The Morgan fingerprint density at radius 3 is 2.89 bits per heavy atom. The van der Waals surface area contributed by atoms with E-state index in [1.165, 1.54) is 6.33 Å². The Hall–Kier alpha value is -3.26. The van der Waals surface area contributed by atoms with Crippen molar-refractivity contribution in [1.82, 2.24) is 25.1 Å². The smallest absolute Gasteiger partial charge is 0.321 e. The molecule has 0 spiro atoms. The summed E-state index contributed by atoms with van der Waals surface area (Å²) in [6, 6.07) is 17.4. The molecule has 1 atom stereocenters. The van der Waals surface area contributed by atoms with Gasteiger partial charge in [0.25, 0.3) is 0 Å². The highest BCUT2D eigenvalue weighted by molar-refractivity contribution is 5.89. The van der Waals surface area contributed by atoms with E-state index < -0.39 is 0 Å². The highest BCUT2D eigenvalue weighted by atomic mass is 16.5. The summed E-state index contributed by atoms with van der Waals surface area (Å²) in [7, 11) is 0. The summed E-state index contributed by atoms with van der Waals surface area (Å²) in [5.74, 6) is 0. The standard InChI is InChI=1S/C20H22N6O2/c27-20(22-17-8-4-9-18(12-17)26-15-21-23-24-26)25-11-5-10-19(13-25)28-14-16-6-2-1-3-7-16/h1-4,6-9,12,15,19H,5,10-11,13-14H2,(H,22,27)/t19-/m0/s1. The molecule has 0 saturated carbocycles. The van der Waals surface area contributed by atoms with Gasteiger partial charge in [0.1, 0.15) is 6.33 Å². The number of ether oxygens (including phenoxy) is 1. The van der Waals surface area contributed by atoms with E-state index >= 15 is 0 Å². The van der Waals surface area contributed by atoms with E-state index in [4.69, 9.17) is 4.74 Å². The number of aromatic nitrogens is 4. The van der Waals surface area contributed by atoms with Crippen LogP contribution in [0.4, 0.5) is 10.5 Å². The fourth-order valence-electron chi connectivity index (χ4n) is 3.26. The second kappa shape index (κ2) is 8.62. The second-order valence-corrected chi connectivity index (χ2v) is 6.74. The van der Waals surface area contributed by atoms with Crippen LogP contribution in [0.3, 0.4) is 0 Å². The van der Waals surface area contributed by atoms with Crippen LogP contribution in [0.2, 0.25) is 0 Å². The minimum atomic E-state index is -0.123. The molecule has 2 heterocycles. The van der Waals surface area contributed by atoms with E-state index in [0.717, 1.165) is 30.6 Å². The molecule has 1 N–H and O–H groups in total. The minimum Gasteiger partial charge on any atom is -0.372 e. The highest BCUT2D eigenvalue weighted by Gasteiger charge is 2.24. The first-order valence-corrected chi connectivity index (χ1v) is 9.33. The van der Waals surface area contributed by atoms with Crippen LogP contribution < -0.4 is 5.32 Å². The maximum absolute atomic E-state index is 12.7. The van der Waals surface area contributed by atoms with Crippen LogP contribution >= 0.6 is 0 Å². The third-order valence-electron chi connectivity index (χ3n) is 4.70. The average molecular weight is 378 g/mol. The number of piperidine rings is 1. The van der Waals surface area contributed by atoms with E-state index in [2.05, 4.69) is 20.8 Å². The van der Waals surface area contributed by atoms with Crippen LogP contribution in [0.25, 0.3) is 5.69 Å². The van der Waals surface area contributed by atoms with Crippen molar-refractivity contribution in [1.29, 1.82) is 0 Å². The van der Waals surface area contributed by atoms with Crippen LogP contribution in [-0.4, -0.2) is 50.3 Å². The van der Waals surface area contributed by atoms with Gasteiger partial charge < -0.3 is 15.0 Å². The van der Waals surface area contributed by atoms with Crippen molar-refractivity contribution in [3.63, 3.8) is 0 Å². The number of urea groups is 1. The van der Waals surface area contributed by atoms with E-state index in [0.29, 0.717) is 18.8 Å². The average Bonchev–Trinajstić information content (AvgIpc) is 3.28. The zero-order valence-corrected chi connectivity index (χ0v) is 15.4. The van der Waals surface area contributed by atoms with Gasteiger partial charge >= 0.3 is 6.03 Å². The Morgan fingerprint density at radius 1 is 1.18 bits per heavy atom. The van der Waals surface area contributed by atoms with Gasteiger partial charge in [-0.3, -0.25) is 0 Å². The third-order valence-corrected chi connectivity index (χ3v) is 4.70. The molecule has 1 fully saturated rings. The zero-order valence-electron chi connectivity index (χ0n) is 15.4. The Kier molecular flexibility index (Phi) is 5.58. The van der Waals surface area contributed by atoms with Gasteiger partial charge in [-0.1, -0.05) is 36.4 Å². The molecule has 2 amide bonds. The van der Waals surface area contributed by atoms with Crippen molar-refractivity contribution < 1.29 is 9.53 Å². The molecule has 0 radical (unpaired) electrons. The molecule has 28 heavy (non-hydrogen) atoms. The molecule has 4 rings (SSSR count). The number of tetrazole rings is 1. The molecule has 1 aliphatic heterocycles. The van der Waals surface area contributed by atoms with E-state index in [-0.39, 0.29) is 12.1 Å². The van der Waals surface area contributed by atoms with Crippen molar-refractivity contribution in [3.8, 4) is 5.69 Å². The summed E-state index contributed by atoms with van der Waals surface area (Å²) >= 11 is 0. The molecule has 1 saturated heterocycles. The predicted molar refractivity (Wildman–Crippen MR) is 104 cm³/mol. The number of anilines is 1. The summed E-state index contributed by atoms with van der Waals surface area (Å²) < 4.78 is 7.57. The SMILES string of the molecule is O=C(Nc1cccc(-n2cnnn2)c1)N1CCC[C@H](OCc2ccccc2)C1. The fourth-order valence-corrected chi connectivity index (χ4v) is 3.26. The molecule has 2 aromatic carbocycles. The first-order valence-electron chi connectivity index (χ1n) is 9.33. The minimum absolute atomic E-state index is 0.0484. The molecular weight excluding hydrogens is 356 g/mol. The number of likely N-dealkylation sites (tertiary alicyclic amines) is 1. The molecule has 8 heteroatoms. The number of hydrogen-bond acceptors (Lipinski definition) is 5. The number of amides is 2. The Morgan fingerprint density at radius 2 is 2.07 bits per heavy atom. The van der Waals surface area contributed by atoms with Crippen LogP contribution in [0.5, 0.6) is 0 Å². The lowest BCUT2D eigenvalue weighted by Crippen LogP contribution is -2.45. The summed E-state index contributed by atoms with van der Waals surface area (Å²) in [6.07, 6.45) is 3.45. The van der Waals surface area contributed by atoms with Crippen LogP contribution in [0, 0.1) is 0 Å². The van der Waals surface area contributed by atoms with Crippen molar-refractivity contribution in [3.05, 3.63) is 66.5 Å². The van der Waals surface area contributed by atoms with Gasteiger partial charge in [0, 0.05) is 18.8 Å². The summed E-state index contributed by atoms with van der Waals surface area (Å²) in [4.78, 5) is 14.5. The maximum atomic E-state index is 12.7. The molecule has 0 unspecified atom stereocenters. The van der Waals surface area contributed by atoms with Crippen LogP contribution in [0.15, 0.2) is 60.9 Å². The summed E-state index contributed by atoms with van der Waals surface area (Å²) in [5, 5.41) is 14.1. The van der Waals surface area contributed by atoms with Crippen LogP contribution in [0.1, 0.15) is 18.4 Å². The van der Waals surface area contributed by atoms with Gasteiger partial charge in [0.2, 0.25) is 0 Å². The number of carbonyl (C=O) groups excluding carboxylic acids is 1. The molecule has 3 aromatic rings. The van der Waals surface area contributed by atoms with E-state index in [9.17, 15) is 4.79 Å². The fraction of sp³-hybridized carbons (Fsp3) is 0.300. The quantitative estimate of drug-likeness (QED) is 0.738. The highest BCUT2D eigenvalue weighted by Crippen LogP contribution is 2.18. The first-order chi connectivity index (χ1) is 13.8.